The molecule has 2 aliphatic rings. The van der Waals surface area contributed by atoms with Crippen molar-refractivity contribution >= 4 is 39.2 Å². The van der Waals surface area contributed by atoms with Crippen LogP contribution in [0.15, 0.2) is 40.9 Å². The number of benzene rings is 2. The number of aliphatic hydroxyl groups is 1. The van der Waals surface area contributed by atoms with Gasteiger partial charge in [-0.3, -0.25) is 9.69 Å². The summed E-state index contributed by atoms with van der Waals surface area (Å²) in [4.78, 5) is 29.5. The Morgan fingerprint density at radius 2 is 1.85 bits per heavy atom. The maximum absolute atomic E-state index is 13.6. The molecule has 0 bridgehead atoms. The Labute approximate surface area is 209 Å². The molecule has 2 heterocycles. The second-order valence-electron chi connectivity index (χ2n) is 9.42. The Morgan fingerprint density at radius 3 is 2.56 bits per heavy atom. The predicted molar refractivity (Wildman–Crippen MR) is 137 cm³/mol. The first-order chi connectivity index (χ1) is 16.3. The first kappa shape index (κ1) is 24.7. The van der Waals surface area contributed by atoms with Crippen LogP contribution in [0.25, 0.3) is 0 Å². The van der Waals surface area contributed by atoms with Crippen LogP contribution >= 0.6 is 15.9 Å². The van der Waals surface area contributed by atoms with E-state index in [4.69, 9.17) is 0 Å². The van der Waals surface area contributed by atoms with Crippen molar-refractivity contribution in [1.29, 1.82) is 0 Å². The van der Waals surface area contributed by atoms with E-state index in [9.17, 15) is 14.7 Å². The summed E-state index contributed by atoms with van der Waals surface area (Å²) in [7, 11) is 0. The zero-order valence-electron chi connectivity index (χ0n) is 19.9. The molecule has 2 aliphatic heterocycles. The summed E-state index contributed by atoms with van der Waals surface area (Å²) in [6.45, 7) is 7.71. The van der Waals surface area contributed by atoms with Crippen molar-refractivity contribution in [3.8, 4) is 0 Å². The van der Waals surface area contributed by atoms with Crippen molar-refractivity contribution < 1.29 is 19.6 Å². The fraction of sp³-hybridized carbons (Fsp3) is 0.462. The topological polar surface area (TPSA) is 86.1 Å². The number of halogens is 1. The van der Waals surface area contributed by atoms with Gasteiger partial charge in [0.25, 0.3) is 11.6 Å². The molecule has 0 radical (unpaired) electrons. The number of likely N-dealkylation sites (tertiary alicyclic amines) is 1. The lowest BCUT2D eigenvalue weighted by Crippen LogP contribution is -3.11. The van der Waals surface area contributed by atoms with Gasteiger partial charge in [-0.05, 0) is 81.0 Å². The number of carbonyl (C=O) groups excluding carboxylic acids is 2. The molecule has 0 aromatic heterocycles. The van der Waals surface area contributed by atoms with E-state index in [1.54, 1.807) is 29.2 Å². The van der Waals surface area contributed by atoms with E-state index >= 15 is 0 Å². The minimum atomic E-state index is -2.18. The number of rotatable bonds is 6. The van der Waals surface area contributed by atoms with Gasteiger partial charge in [0.05, 0.1) is 25.3 Å². The van der Waals surface area contributed by atoms with E-state index < -0.39 is 17.7 Å². The summed E-state index contributed by atoms with van der Waals surface area (Å²) in [6.07, 6.45) is 5.94. The van der Waals surface area contributed by atoms with Crippen molar-refractivity contribution in [2.24, 2.45) is 0 Å². The van der Waals surface area contributed by atoms with Crippen LogP contribution in [-0.2, 0) is 10.5 Å². The molecule has 0 spiro atoms. The van der Waals surface area contributed by atoms with Crippen LogP contribution in [-0.4, -0.2) is 43.2 Å². The van der Waals surface area contributed by atoms with E-state index in [2.05, 4.69) is 26.6 Å². The third-order valence-electron chi connectivity index (χ3n) is 6.99. The third-order valence-corrected chi connectivity index (χ3v) is 7.49. The molecule has 2 aromatic rings. The molecule has 1 unspecified atom stereocenters. The number of nitrogens with zero attached hydrogens (tertiary/aromatic N) is 1. The Kier molecular flexibility index (Phi) is 7.60. The number of carbonyl (C=O) groups is 2. The molecule has 1 fully saturated rings. The molecular weight excluding hydrogens is 496 g/mol. The smallest absolute Gasteiger partial charge is 0.329 e. The first-order valence-electron chi connectivity index (χ1n) is 12.1. The highest BCUT2D eigenvalue weighted by Gasteiger charge is 2.52. The van der Waals surface area contributed by atoms with Crippen molar-refractivity contribution in [3.63, 3.8) is 0 Å². The van der Waals surface area contributed by atoms with Crippen LogP contribution in [0.1, 0.15) is 48.8 Å². The minimum Gasteiger partial charge on any atom is -0.359 e. The van der Waals surface area contributed by atoms with Crippen LogP contribution in [0.2, 0.25) is 0 Å². The normalized spacial score (nSPS) is 20.9. The first-order valence-corrected chi connectivity index (χ1v) is 12.9. The van der Waals surface area contributed by atoms with Crippen LogP contribution in [0.5, 0.6) is 0 Å². The standard InChI is InChI=1S/C26H33BrN4O3/c1-18-8-10-21(16-19(18)2)31-25(33)29-23-11-9-20(27)17-22(23)26(31,34)24(32)28-12-7-15-30-13-5-3-4-6-14-30/h8-11,16-17,34H,3-7,12-15H2,1-2H3,(H,28,32)(H,29,33)/p+1. The highest BCUT2D eigenvalue weighted by molar-refractivity contribution is 9.10. The fourth-order valence-corrected chi connectivity index (χ4v) is 5.25. The molecule has 3 amide bonds. The van der Waals surface area contributed by atoms with Crippen LogP contribution in [0, 0.1) is 13.8 Å². The lowest BCUT2D eigenvalue weighted by Gasteiger charge is -2.43. The molecule has 7 nitrogen and oxygen atoms in total. The molecule has 0 saturated carbocycles. The van der Waals surface area contributed by atoms with Crippen LogP contribution in [0.3, 0.4) is 0 Å². The number of nitrogens with one attached hydrogen (secondary N) is 3. The van der Waals surface area contributed by atoms with Crippen molar-refractivity contribution in [3.05, 3.63) is 57.6 Å². The Balaban J connectivity index is 1.59. The average molecular weight is 530 g/mol. The summed E-state index contributed by atoms with van der Waals surface area (Å²) in [5.41, 5.74) is 1.05. The van der Waals surface area contributed by atoms with Gasteiger partial charge in [0.1, 0.15) is 0 Å². The largest absolute Gasteiger partial charge is 0.359 e. The summed E-state index contributed by atoms with van der Waals surface area (Å²) >= 11 is 3.44. The Bertz CT molecular complexity index is 1070. The van der Waals surface area contributed by atoms with E-state index in [0.29, 0.717) is 28.0 Å². The fourth-order valence-electron chi connectivity index (χ4n) is 4.89. The zero-order chi connectivity index (χ0) is 24.3. The number of quaternary nitrogens is 1. The third kappa shape index (κ3) is 4.99. The molecule has 8 heteroatoms. The van der Waals surface area contributed by atoms with Gasteiger partial charge in [0.2, 0.25) is 0 Å². The Morgan fingerprint density at radius 1 is 1.12 bits per heavy atom. The lowest BCUT2D eigenvalue weighted by atomic mass is 9.94. The zero-order valence-corrected chi connectivity index (χ0v) is 21.5. The van der Waals surface area contributed by atoms with Gasteiger partial charge in [-0.25, -0.2) is 4.79 Å². The maximum Gasteiger partial charge on any atom is 0.329 e. The van der Waals surface area contributed by atoms with E-state index in [-0.39, 0.29) is 0 Å². The summed E-state index contributed by atoms with van der Waals surface area (Å²) < 4.78 is 0.707. The average Bonchev–Trinajstić information content (AvgIpc) is 3.08. The minimum absolute atomic E-state index is 0.329. The van der Waals surface area contributed by atoms with Gasteiger partial charge in [0.15, 0.2) is 0 Å². The van der Waals surface area contributed by atoms with Crippen LogP contribution in [0.4, 0.5) is 16.2 Å². The number of anilines is 2. The number of fused-ring (bicyclic) bond motifs is 1. The van der Waals surface area contributed by atoms with Crippen molar-refractivity contribution in [2.45, 2.75) is 51.7 Å². The summed E-state index contributed by atoms with van der Waals surface area (Å²) in [5.74, 6) is -0.606. The van der Waals surface area contributed by atoms with Gasteiger partial charge in [0, 0.05) is 28.7 Å². The highest BCUT2D eigenvalue weighted by Crippen LogP contribution is 2.41. The molecule has 1 atom stereocenters. The van der Waals surface area contributed by atoms with Crippen molar-refractivity contribution in [2.75, 3.05) is 36.4 Å². The molecule has 34 heavy (non-hydrogen) atoms. The predicted octanol–water partition coefficient (Wildman–Crippen LogP) is 3.23. The number of urea groups is 1. The second-order valence-corrected chi connectivity index (χ2v) is 10.3. The molecule has 0 aliphatic carbocycles. The Hall–Kier alpha value is -2.42. The number of hydrogen-bond donors (Lipinski definition) is 4. The van der Waals surface area contributed by atoms with E-state index in [0.717, 1.165) is 29.0 Å². The molecule has 4 rings (SSSR count). The molecule has 182 valence electrons. The maximum atomic E-state index is 13.6. The number of hydrogen-bond acceptors (Lipinski definition) is 3. The van der Waals surface area contributed by atoms with E-state index in [1.807, 2.05) is 26.0 Å². The second kappa shape index (κ2) is 10.5. The van der Waals surface area contributed by atoms with Gasteiger partial charge in [-0.2, -0.15) is 0 Å². The SMILES string of the molecule is Cc1ccc(N2C(=O)Nc3ccc(Br)cc3C2(O)C(=O)NCCC[NH+]2CCCCCC2)cc1C. The van der Waals surface area contributed by atoms with Gasteiger partial charge >= 0.3 is 6.03 Å². The van der Waals surface area contributed by atoms with Crippen molar-refractivity contribution in [1.82, 2.24) is 5.32 Å². The summed E-state index contributed by atoms with van der Waals surface area (Å²) in [5, 5.41) is 17.7. The highest BCUT2D eigenvalue weighted by atomic mass is 79.9. The molecular formula is C26H34BrN4O3+. The monoisotopic (exact) mass is 529 g/mol. The molecule has 2 aromatic carbocycles. The molecule has 1 saturated heterocycles. The number of amides is 3. The lowest BCUT2D eigenvalue weighted by molar-refractivity contribution is -0.899. The molecule has 4 N–H and O–H groups in total. The summed E-state index contributed by atoms with van der Waals surface area (Å²) in [6, 6.07) is 10.1. The van der Waals surface area contributed by atoms with Gasteiger partial charge in [-0.15, -0.1) is 0 Å². The van der Waals surface area contributed by atoms with Crippen LogP contribution < -0.4 is 20.4 Å². The quantitative estimate of drug-likeness (QED) is 0.433. The number of aryl methyl sites for hydroxylation is 2. The van der Waals surface area contributed by atoms with E-state index in [1.165, 1.54) is 38.8 Å². The van der Waals surface area contributed by atoms with Gasteiger partial charge in [-0.1, -0.05) is 22.0 Å². The van der Waals surface area contributed by atoms with Gasteiger partial charge < -0.3 is 20.6 Å².